The predicted octanol–water partition coefficient (Wildman–Crippen LogP) is 4.63. The lowest BCUT2D eigenvalue weighted by molar-refractivity contribution is -0.118. The van der Waals surface area contributed by atoms with Crippen LogP contribution in [0.4, 0.5) is 11.4 Å². The van der Waals surface area contributed by atoms with Crippen molar-refractivity contribution in [2.75, 3.05) is 22.5 Å². The summed E-state index contributed by atoms with van der Waals surface area (Å²) in [6.45, 7) is 2.01. The standard InChI is InChI=1S/C23H23ClN2O4S/c1-17-6-8-18(9-7-17)15-26(31(2,28)29)21-10-12-22(13-11-21)30-16-23(27)25-20-5-3-4-19(24)14-20/h3-14H,15-16H2,1-2H3,(H,25,27). The molecule has 0 saturated heterocycles. The molecule has 0 aliphatic carbocycles. The normalized spacial score (nSPS) is 11.1. The van der Waals surface area contributed by atoms with Crippen molar-refractivity contribution in [1.82, 2.24) is 0 Å². The average molecular weight is 459 g/mol. The number of carbonyl (C=O) groups excluding carboxylic acids is 1. The second kappa shape index (κ2) is 9.85. The zero-order chi connectivity index (χ0) is 22.4. The summed E-state index contributed by atoms with van der Waals surface area (Å²) in [5.41, 5.74) is 3.08. The molecule has 6 nitrogen and oxygen atoms in total. The van der Waals surface area contributed by atoms with E-state index in [0.717, 1.165) is 11.1 Å². The third kappa shape index (κ3) is 6.73. The van der Waals surface area contributed by atoms with Crippen LogP contribution in [0.3, 0.4) is 0 Å². The molecule has 0 bridgehead atoms. The molecule has 0 heterocycles. The van der Waals surface area contributed by atoms with Crippen LogP contribution < -0.4 is 14.4 Å². The van der Waals surface area contributed by atoms with Gasteiger partial charge >= 0.3 is 0 Å². The summed E-state index contributed by atoms with van der Waals surface area (Å²) in [4.78, 5) is 12.1. The Balaban J connectivity index is 1.64. The Morgan fingerprint density at radius 3 is 2.32 bits per heavy atom. The lowest BCUT2D eigenvalue weighted by Crippen LogP contribution is -2.29. The summed E-state index contributed by atoms with van der Waals surface area (Å²) >= 11 is 5.90. The zero-order valence-corrected chi connectivity index (χ0v) is 18.8. The van der Waals surface area contributed by atoms with Crippen LogP contribution in [0.2, 0.25) is 5.02 Å². The number of nitrogens with zero attached hydrogens (tertiary/aromatic N) is 1. The van der Waals surface area contributed by atoms with Crippen molar-refractivity contribution in [3.8, 4) is 5.75 Å². The Bertz CT molecular complexity index is 1150. The van der Waals surface area contributed by atoms with Crippen molar-refractivity contribution >= 4 is 38.9 Å². The van der Waals surface area contributed by atoms with Gasteiger partial charge in [-0.15, -0.1) is 0 Å². The molecule has 0 spiro atoms. The summed E-state index contributed by atoms with van der Waals surface area (Å²) in [5, 5.41) is 3.22. The number of carbonyl (C=O) groups is 1. The molecule has 0 fully saturated rings. The highest BCUT2D eigenvalue weighted by Crippen LogP contribution is 2.24. The molecule has 31 heavy (non-hydrogen) atoms. The van der Waals surface area contributed by atoms with Gasteiger partial charge in [0, 0.05) is 10.7 Å². The molecule has 162 valence electrons. The molecule has 1 N–H and O–H groups in total. The second-order valence-electron chi connectivity index (χ2n) is 7.10. The van der Waals surface area contributed by atoms with Crippen molar-refractivity contribution in [2.24, 2.45) is 0 Å². The van der Waals surface area contributed by atoms with Crippen LogP contribution in [0.1, 0.15) is 11.1 Å². The fourth-order valence-corrected chi connectivity index (χ4v) is 3.96. The van der Waals surface area contributed by atoms with Gasteiger partial charge in [0.2, 0.25) is 10.0 Å². The van der Waals surface area contributed by atoms with Crippen LogP contribution in [0.25, 0.3) is 0 Å². The molecular formula is C23H23ClN2O4S. The van der Waals surface area contributed by atoms with E-state index < -0.39 is 10.0 Å². The SMILES string of the molecule is Cc1ccc(CN(c2ccc(OCC(=O)Nc3cccc(Cl)c3)cc2)S(C)(=O)=O)cc1. The van der Waals surface area contributed by atoms with Gasteiger partial charge in [-0.3, -0.25) is 9.10 Å². The molecule has 0 aliphatic heterocycles. The lowest BCUT2D eigenvalue weighted by atomic mass is 10.1. The second-order valence-corrected chi connectivity index (χ2v) is 9.44. The first-order valence-corrected chi connectivity index (χ1v) is 11.7. The zero-order valence-electron chi connectivity index (χ0n) is 17.2. The van der Waals surface area contributed by atoms with E-state index in [1.54, 1.807) is 48.5 Å². The molecule has 3 aromatic rings. The minimum absolute atomic E-state index is 0.189. The largest absolute Gasteiger partial charge is 0.484 e. The number of aryl methyl sites for hydroxylation is 1. The summed E-state index contributed by atoms with van der Waals surface area (Å²) in [7, 11) is -3.49. The number of sulfonamides is 1. The number of amides is 1. The maximum Gasteiger partial charge on any atom is 0.262 e. The molecule has 8 heteroatoms. The third-order valence-corrected chi connectivity index (χ3v) is 5.83. The van der Waals surface area contributed by atoms with Gasteiger partial charge in [0.15, 0.2) is 6.61 Å². The minimum Gasteiger partial charge on any atom is -0.484 e. The summed E-state index contributed by atoms with van der Waals surface area (Å²) in [6, 6.07) is 21.1. The van der Waals surface area contributed by atoms with E-state index in [1.807, 2.05) is 31.2 Å². The van der Waals surface area contributed by atoms with Gasteiger partial charge in [0.05, 0.1) is 18.5 Å². The van der Waals surface area contributed by atoms with Crippen molar-refractivity contribution < 1.29 is 17.9 Å². The molecule has 0 saturated carbocycles. The maximum absolute atomic E-state index is 12.3. The fourth-order valence-electron chi connectivity index (χ4n) is 2.88. The van der Waals surface area contributed by atoms with Crippen LogP contribution in [-0.4, -0.2) is 27.2 Å². The number of hydrogen-bond donors (Lipinski definition) is 1. The number of nitrogens with one attached hydrogen (secondary N) is 1. The Kier molecular flexibility index (Phi) is 7.20. The number of rotatable bonds is 8. The third-order valence-electron chi connectivity index (χ3n) is 4.45. The summed E-state index contributed by atoms with van der Waals surface area (Å²) in [6.07, 6.45) is 1.17. The molecule has 0 aromatic heterocycles. The Morgan fingerprint density at radius 2 is 1.71 bits per heavy atom. The molecular weight excluding hydrogens is 436 g/mol. The van der Waals surface area contributed by atoms with Crippen LogP contribution in [0.5, 0.6) is 5.75 Å². The van der Waals surface area contributed by atoms with Gasteiger partial charge < -0.3 is 10.1 Å². The van der Waals surface area contributed by atoms with Crippen molar-refractivity contribution in [3.63, 3.8) is 0 Å². The Hall–Kier alpha value is -3.03. The van der Waals surface area contributed by atoms with E-state index in [9.17, 15) is 13.2 Å². The average Bonchev–Trinajstić information content (AvgIpc) is 2.71. The van der Waals surface area contributed by atoms with E-state index in [1.165, 1.54) is 10.6 Å². The maximum atomic E-state index is 12.3. The molecule has 1 amide bonds. The summed E-state index contributed by atoms with van der Waals surface area (Å²) < 4.78 is 31.5. The Morgan fingerprint density at radius 1 is 1.03 bits per heavy atom. The topological polar surface area (TPSA) is 75.7 Å². The number of benzene rings is 3. The lowest BCUT2D eigenvalue weighted by Gasteiger charge is -2.23. The predicted molar refractivity (Wildman–Crippen MR) is 124 cm³/mol. The van der Waals surface area contributed by atoms with E-state index >= 15 is 0 Å². The number of halogens is 1. The first kappa shape index (κ1) is 22.7. The molecule has 0 radical (unpaired) electrons. The van der Waals surface area contributed by atoms with E-state index in [-0.39, 0.29) is 19.1 Å². The smallest absolute Gasteiger partial charge is 0.262 e. The minimum atomic E-state index is -3.49. The van der Waals surface area contributed by atoms with Gasteiger partial charge in [-0.1, -0.05) is 47.5 Å². The monoisotopic (exact) mass is 458 g/mol. The highest BCUT2D eigenvalue weighted by Gasteiger charge is 2.18. The van der Waals surface area contributed by atoms with E-state index in [4.69, 9.17) is 16.3 Å². The van der Waals surface area contributed by atoms with E-state index in [0.29, 0.717) is 22.1 Å². The first-order chi connectivity index (χ1) is 14.7. The molecule has 3 rings (SSSR count). The Labute approximate surface area is 187 Å². The van der Waals surface area contributed by atoms with Crippen molar-refractivity contribution in [1.29, 1.82) is 0 Å². The molecule has 3 aromatic carbocycles. The molecule has 0 unspecified atom stereocenters. The summed E-state index contributed by atoms with van der Waals surface area (Å²) in [5.74, 6) is 0.122. The van der Waals surface area contributed by atoms with Gasteiger partial charge in [-0.2, -0.15) is 0 Å². The highest BCUT2D eigenvalue weighted by molar-refractivity contribution is 7.92. The van der Waals surface area contributed by atoms with Gasteiger partial charge in [0.25, 0.3) is 5.91 Å². The highest BCUT2D eigenvalue weighted by atomic mass is 35.5. The number of hydrogen-bond acceptors (Lipinski definition) is 4. The number of ether oxygens (including phenoxy) is 1. The van der Waals surface area contributed by atoms with Crippen LogP contribution >= 0.6 is 11.6 Å². The molecule has 0 atom stereocenters. The first-order valence-electron chi connectivity index (χ1n) is 9.52. The van der Waals surface area contributed by atoms with E-state index in [2.05, 4.69) is 5.32 Å². The van der Waals surface area contributed by atoms with Crippen molar-refractivity contribution in [2.45, 2.75) is 13.5 Å². The van der Waals surface area contributed by atoms with Crippen LogP contribution in [0.15, 0.2) is 72.8 Å². The van der Waals surface area contributed by atoms with Crippen LogP contribution in [-0.2, 0) is 21.4 Å². The van der Waals surface area contributed by atoms with Gasteiger partial charge in [0.1, 0.15) is 5.75 Å². The van der Waals surface area contributed by atoms with Gasteiger partial charge in [-0.05, 0) is 55.0 Å². The van der Waals surface area contributed by atoms with Crippen molar-refractivity contribution in [3.05, 3.63) is 88.9 Å². The molecule has 0 aliphatic rings. The van der Waals surface area contributed by atoms with Crippen LogP contribution in [0, 0.1) is 6.92 Å². The quantitative estimate of drug-likeness (QED) is 0.534. The fraction of sp³-hybridized carbons (Fsp3) is 0.174. The number of anilines is 2. The van der Waals surface area contributed by atoms with Gasteiger partial charge in [-0.25, -0.2) is 8.42 Å².